The summed E-state index contributed by atoms with van der Waals surface area (Å²) in [5, 5.41) is 56.1. The van der Waals surface area contributed by atoms with E-state index in [1.807, 2.05) is 114 Å². The quantitative estimate of drug-likeness (QED) is 0.0222. The first kappa shape index (κ1) is 82.3. The van der Waals surface area contributed by atoms with E-state index < -0.39 is 46.9 Å². The Morgan fingerprint density at radius 2 is 0.667 bits per heavy atom. The van der Waals surface area contributed by atoms with Gasteiger partial charge in [-0.15, -0.1) is 0 Å². The fourth-order valence-corrected chi connectivity index (χ4v) is 14.6. The molecule has 2 saturated carbocycles. The van der Waals surface area contributed by atoms with Gasteiger partial charge in [0, 0.05) is 158 Å². The number of aryl methyl sites for hydroxylation is 5. The van der Waals surface area contributed by atoms with E-state index in [9.17, 15) is 58.8 Å². The SMILES string of the molecule is CCC(O)CNC(=O)CCc1cc2cc3c(-c4ccccc4)coc3cc2oc1=O.CCC(O)CNC(=O)CCc1cc2cc3c(C)coc3cc2oc1=O.CCC(O)CNC(=O)CCc1cc2cc3c(C4CCCC4)coc3cc2oc1=O.CCC(O)CNC(=O)CCc1cc2cc3c(C4CCCCC4)coc3cc2oc1=O. The van der Waals surface area contributed by atoms with Crippen LogP contribution < -0.4 is 43.8 Å². The fraction of sp³-hybridized carbons (Fsp3) is 0.400. The third kappa shape index (κ3) is 20.8. The molecule has 0 aliphatic heterocycles. The summed E-state index contributed by atoms with van der Waals surface area (Å²) in [6.07, 6.45) is 20.0. The van der Waals surface area contributed by atoms with E-state index in [0.717, 1.165) is 70.9 Å². The van der Waals surface area contributed by atoms with E-state index in [-0.39, 0.29) is 88.3 Å². The first-order valence-corrected chi connectivity index (χ1v) is 39.8. The summed E-state index contributed by atoms with van der Waals surface area (Å²) in [4.78, 5) is 97.0. The maximum Gasteiger partial charge on any atom is 0.339 e. The van der Waals surface area contributed by atoms with E-state index in [4.69, 9.17) is 35.3 Å². The van der Waals surface area contributed by atoms with Gasteiger partial charge in [-0.2, -0.15) is 0 Å². The van der Waals surface area contributed by atoms with Crippen molar-refractivity contribution in [2.45, 2.75) is 206 Å². The van der Waals surface area contributed by atoms with Gasteiger partial charge >= 0.3 is 22.5 Å². The van der Waals surface area contributed by atoms with Crippen molar-refractivity contribution >= 4 is 111 Å². The fourth-order valence-electron chi connectivity index (χ4n) is 14.6. The number of furan rings is 4. The maximum absolute atomic E-state index is 12.4. The normalized spacial score (nSPS) is 14.3. The molecule has 15 rings (SSSR count). The number of hydrogen-bond donors (Lipinski definition) is 8. The van der Waals surface area contributed by atoms with Crippen LogP contribution in [0.4, 0.5) is 0 Å². The van der Waals surface area contributed by atoms with Crippen LogP contribution in [0.15, 0.2) is 183 Å². The molecule has 24 nitrogen and oxygen atoms in total. The minimum atomic E-state index is -0.559. The van der Waals surface area contributed by atoms with Crippen LogP contribution in [0.2, 0.25) is 0 Å². The van der Waals surface area contributed by atoms with Gasteiger partial charge in [0.2, 0.25) is 23.6 Å². The number of aliphatic hydroxyl groups excluding tert-OH is 4. The highest BCUT2D eigenvalue weighted by Gasteiger charge is 2.25. The number of hydrogen-bond acceptors (Lipinski definition) is 20. The van der Waals surface area contributed by atoms with Crippen LogP contribution in [0.25, 0.3) is 98.9 Å². The lowest BCUT2D eigenvalue weighted by Crippen LogP contribution is -2.32. The van der Waals surface area contributed by atoms with Gasteiger partial charge in [-0.25, -0.2) is 19.2 Å². The molecule has 0 spiro atoms. The Balaban J connectivity index is 0.000000141. The average Bonchev–Trinajstić information content (AvgIpc) is 1.46. The molecule has 13 aromatic rings. The van der Waals surface area contributed by atoms with E-state index in [2.05, 4.69) is 21.3 Å². The molecule has 600 valence electrons. The van der Waals surface area contributed by atoms with E-state index >= 15 is 0 Å². The molecule has 4 amide bonds. The van der Waals surface area contributed by atoms with E-state index in [1.165, 1.54) is 68.9 Å². The Kier molecular flexibility index (Phi) is 27.8. The Hall–Kier alpha value is -11.2. The van der Waals surface area contributed by atoms with Crippen molar-refractivity contribution in [3.8, 4) is 11.1 Å². The highest BCUT2D eigenvalue weighted by Crippen LogP contribution is 2.42. The van der Waals surface area contributed by atoms with Crippen molar-refractivity contribution in [2.75, 3.05) is 26.2 Å². The maximum atomic E-state index is 12.4. The molecule has 5 aromatic carbocycles. The molecule has 8 aromatic heterocycles. The van der Waals surface area contributed by atoms with Gasteiger partial charge in [0.1, 0.15) is 44.7 Å². The van der Waals surface area contributed by atoms with Crippen LogP contribution in [-0.2, 0) is 44.9 Å². The lowest BCUT2D eigenvalue weighted by Gasteiger charge is -2.20. The van der Waals surface area contributed by atoms with Gasteiger partial charge in [0.25, 0.3) is 0 Å². The Morgan fingerprint density at radius 1 is 0.368 bits per heavy atom. The van der Waals surface area contributed by atoms with Gasteiger partial charge in [0.15, 0.2) is 0 Å². The number of amides is 4. The van der Waals surface area contributed by atoms with Crippen LogP contribution in [-0.4, -0.2) is 94.6 Å². The molecule has 0 radical (unpaired) electrons. The van der Waals surface area contributed by atoms with Crippen molar-refractivity contribution in [1.29, 1.82) is 0 Å². The van der Waals surface area contributed by atoms with E-state index in [1.54, 1.807) is 48.9 Å². The monoisotopic (exact) mass is 1560 g/mol. The standard InChI is InChI=1S/C24H29NO5.C24H23NO5.C23H27NO5.C19H21NO5/c2*1-2-18(26)13-25-23(27)9-8-16-10-17-11-19-20(15-6-4-3-5-7-15)14-29-22(19)12-21(17)30-24(16)28;1-2-17(25)12-24-22(26)8-7-15-9-16-10-18-19(14-5-3-4-6-14)13-28-21(18)11-20(16)29-23(15)27;1-3-14(21)9-20-18(22)5-4-12-6-13-7-15-11(2)10-24-17(15)8-16(13)25-19(12)23/h10-12,14-15,18,26H,2-9,13H2,1H3,(H,25,27);3-7,10-12,14,18,26H,2,8-9,13H2,1H3,(H,25,27);9-11,13-14,17,25H,2-8,12H2,1H3,(H,24,26);6-8,10,14,21H,3-5,9H2,1-2H3,(H,20,22). The second-order valence-electron chi connectivity index (χ2n) is 29.9. The molecule has 8 heterocycles. The number of carbonyl (C=O) groups excluding carboxylic acids is 4. The van der Waals surface area contributed by atoms with Crippen molar-refractivity contribution in [2.24, 2.45) is 0 Å². The number of nitrogens with one attached hydrogen (secondary N) is 4. The zero-order valence-electron chi connectivity index (χ0n) is 65.1. The van der Waals surface area contributed by atoms with Gasteiger partial charge < -0.3 is 77.0 Å². The number of benzene rings is 5. The zero-order chi connectivity index (χ0) is 80.5. The molecule has 4 atom stereocenters. The molecule has 24 heteroatoms. The average molecular weight is 1560 g/mol. The predicted molar refractivity (Wildman–Crippen MR) is 437 cm³/mol. The number of carbonyl (C=O) groups is 4. The lowest BCUT2D eigenvalue weighted by molar-refractivity contribution is -0.122. The van der Waals surface area contributed by atoms with Gasteiger partial charge in [0.05, 0.1) is 49.5 Å². The topological polar surface area (TPSA) is 371 Å². The first-order chi connectivity index (χ1) is 55.1. The number of fused-ring (bicyclic) bond motifs is 8. The molecule has 4 unspecified atom stereocenters. The molecule has 114 heavy (non-hydrogen) atoms. The second-order valence-corrected chi connectivity index (χ2v) is 29.9. The highest BCUT2D eigenvalue weighted by molar-refractivity contribution is 6.02. The first-order valence-electron chi connectivity index (χ1n) is 39.8. The Bertz CT molecular complexity index is 5780. The minimum absolute atomic E-state index is 0.149. The van der Waals surface area contributed by atoms with Crippen molar-refractivity contribution < 1.29 is 74.9 Å². The summed E-state index contributed by atoms with van der Waals surface area (Å²) in [5.74, 6) is 0.269. The molecule has 8 N–H and O–H groups in total. The van der Waals surface area contributed by atoms with Crippen molar-refractivity contribution in [1.82, 2.24) is 21.3 Å². The van der Waals surface area contributed by atoms with Crippen LogP contribution in [0, 0.1) is 6.92 Å². The Morgan fingerprint density at radius 3 is 1.02 bits per heavy atom. The van der Waals surface area contributed by atoms with E-state index in [0.29, 0.717) is 106 Å². The summed E-state index contributed by atoms with van der Waals surface area (Å²) in [6.45, 7) is 10.2. The van der Waals surface area contributed by atoms with Crippen LogP contribution in [0.1, 0.15) is 188 Å². The zero-order valence-corrected chi connectivity index (χ0v) is 65.1. The molecule has 2 aliphatic rings. The smallest absolute Gasteiger partial charge is 0.339 e. The summed E-state index contributed by atoms with van der Waals surface area (Å²) >= 11 is 0. The van der Waals surface area contributed by atoms with Crippen LogP contribution >= 0.6 is 0 Å². The van der Waals surface area contributed by atoms with Crippen LogP contribution in [0.3, 0.4) is 0 Å². The summed E-state index contributed by atoms with van der Waals surface area (Å²) in [6, 6.07) is 32.1. The summed E-state index contributed by atoms with van der Waals surface area (Å²) < 4.78 is 44.5. The largest absolute Gasteiger partial charge is 0.464 e. The third-order valence-corrected chi connectivity index (χ3v) is 21.7. The van der Waals surface area contributed by atoms with Gasteiger partial charge in [-0.05, 0) is 155 Å². The summed E-state index contributed by atoms with van der Waals surface area (Å²) in [5.41, 5.74) is 10.3. The number of aliphatic hydroxyl groups is 4. The molecule has 2 fully saturated rings. The van der Waals surface area contributed by atoms with Gasteiger partial charge in [-0.3, -0.25) is 19.2 Å². The highest BCUT2D eigenvalue weighted by atomic mass is 16.4. The number of rotatable bonds is 27. The minimum Gasteiger partial charge on any atom is -0.464 e. The molecular formula is C90H100N4O20. The van der Waals surface area contributed by atoms with Crippen LogP contribution in [0.5, 0.6) is 0 Å². The Labute approximate surface area is 656 Å². The summed E-state index contributed by atoms with van der Waals surface area (Å²) in [7, 11) is 0. The molecule has 0 bridgehead atoms. The second kappa shape index (κ2) is 38.6. The van der Waals surface area contributed by atoms with Crippen molar-refractivity contribution in [3.63, 3.8) is 0 Å². The molecule has 0 saturated heterocycles. The predicted octanol–water partition coefficient (Wildman–Crippen LogP) is 15.1. The molecule has 2 aliphatic carbocycles. The third-order valence-electron chi connectivity index (χ3n) is 21.7. The lowest BCUT2D eigenvalue weighted by atomic mass is 9.84. The van der Waals surface area contributed by atoms with Crippen molar-refractivity contribution in [3.05, 3.63) is 209 Å². The molecular weight excluding hydrogens is 1460 g/mol. The van der Waals surface area contributed by atoms with Gasteiger partial charge in [-0.1, -0.05) is 90.1 Å².